The Morgan fingerprint density at radius 2 is 1.85 bits per heavy atom. The van der Waals surface area contributed by atoms with Gasteiger partial charge in [0.2, 0.25) is 0 Å². The molecule has 0 radical (unpaired) electrons. The zero-order chi connectivity index (χ0) is 28.3. The quantitative estimate of drug-likeness (QED) is 0.276. The van der Waals surface area contributed by atoms with Crippen molar-refractivity contribution in [3.63, 3.8) is 0 Å². The van der Waals surface area contributed by atoms with Crippen molar-refractivity contribution in [2.24, 2.45) is 0 Å². The van der Waals surface area contributed by atoms with Crippen molar-refractivity contribution < 1.29 is 13.6 Å². The Morgan fingerprint density at radius 3 is 2.58 bits per heavy atom. The van der Waals surface area contributed by atoms with E-state index >= 15 is 4.39 Å². The molecule has 0 bridgehead atoms. The predicted octanol–water partition coefficient (Wildman–Crippen LogP) is 6.35. The maximum absolute atomic E-state index is 15.7. The van der Waals surface area contributed by atoms with Crippen LogP contribution >= 0.6 is 11.6 Å². The lowest BCUT2D eigenvalue weighted by Gasteiger charge is -2.18. The van der Waals surface area contributed by atoms with Crippen LogP contribution in [0.15, 0.2) is 59.8 Å². The molecule has 1 amide bonds. The molecule has 4 aromatic rings. The second-order valence-electron chi connectivity index (χ2n) is 10.8. The van der Waals surface area contributed by atoms with Gasteiger partial charge in [0.15, 0.2) is 0 Å². The van der Waals surface area contributed by atoms with Gasteiger partial charge in [-0.15, -0.1) is 0 Å². The van der Waals surface area contributed by atoms with E-state index in [1.165, 1.54) is 16.7 Å². The minimum atomic E-state index is -0.647. The van der Waals surface area contributed by atoms with E-state index in [0.717, 1.165) is 36.6 Å². The fraction of sp³-hybridized carbons (Fsp3) is 0.290. The number of hydrogen-bond acceptors (Lipinski definition) is 4. The van der Waals surface area contributed by atoms with Crippen molar-refractivity contribution in [1.82, 2.24) is 19.4 Å². The first-order valence-electron chi connectivity index (χ1n) is 13.2. The fourth-order valence-corrected chi connectivity index (χ4v) is 5.74. The zero-order valence-electron chi connectivity index (χ0n) is 22.3. The van der Waals surface area contributed by atoms with Crippen LogP contribution in [0.2, 0.25) is 5.02 Å². The van der Waals surface area contributed by atoms with Crippen molar-refractivity contribution >= 4 is 17.5 Å². The van der Waals surface area contributed by atoms with Crippen molar-refractivity contribution in [2.75, 3.05) is 7.05 Å². The lowest BCUT2D eigenvalue weighted by atomic mass is 10.0. The molecule has 1 unspecified atom stereocenters. The first-order chi connectivity index (χ1) is 19.2. The minimum absolute atomic E-state index is 0.00519. The molecule has 0 spiro atoms. The van der Waals surface area contributed by atoms with Crippen molar-refractivity contribution in [1.29, 1.82) is 0 Å². The maximum Gasteiger partial charge on any atom is 0.274 e. The predicted molar refractivity (Wildman–Crippen MR) is 149 cm³/mol. The van der Waals surface area contributed by atoms with Crippen LogP contribution in [0.5, 0.6) is 0 Å². The van der Waals surface area contributed by atoms with Gasteiger partial charge in [0.25, 0.3) is 11.5 Å². The molecule has 1 aromatic carbocycles. The topological polar surface area (TPSA) is 68.1 Å². The molecule has 3 aromatic heterocycles. The van der Waals surface area contributed by atoms with Gasteiger partial charge in [0.1, 0.15) is 16.7 Å². The summed E-state index contributed by atoms with van der Waals surface area (Å²) in [5.74, 6) is -1.37. The van der Waals surface area contributed by atoms with E-state index < -0.39 is 17.2 Å². The molecule has 2 aliphatic rings. The molecule has 3 heterocycles. The Bertz CT molecular complexity index is 1730. The van der Waals surface area contributed by atoms with Gasteiger partial charge in [-0.3, -0.25) is 24.1 Å². The van der Waals surface area contributed by atoms with Crippen molar-refractivity contribution in [2.45, 2.75) is 51.0 Å². The number of amides is 1. The third-order valence-electron chi connectivity index (χ3n) is 7.94. The van der Waals surface area contributed by atoms with Gasteiger partial charge in [-0.1, -0.05) is 17.7 Å². The molecule has 6 rings (SSSR count). The highest BCUT2D eigenvalue weighted by molar-refractivity contribution is 6.31. The molecule has 9 heteroatoms. The molecule has 0 aliphatic heterocycles. The normalized spacial score (nSPS) is 18.1. The highest BCUT2D eigenvalue weighted by atomic mass is 35.5. The second-order valence-corrected chi connectivity index (χ2v) is 11.1. The van der Waals surface area contributed by atoms with E-state index in [-0.39, 0.29) is 39.9 Å². The van der Waals surface area contributed by atoms with E-state index in [9.17, 15) is 14.0 Å². The Morgan fingerprint density at radius 1 is 1.07 bits per heavy atom. The number of rotatable bonds is 6. The average Bonchev–Trinajstić information content (AvgIpc) is 3.86. The summed E-state index contributed by atoms with van der Waals surface area (Å²) >= 11 is 6.65. The number of carbonyl (C=O) groups is 1. The third kappa shape index (κ3) is 4.60. The number of carbonyl (C=O) groups excluding carboxylic acids is 1. The van der Waals surface area contributed by atoms with E-state index in [1.54, 1.807) is 42.5 Å². The molecule has 2 atom stereocenters. The Balaban J connectivity index is 1.37. The molecule has 40 heavy (non-hydrogen) atoms. The van der Waals surface area contributed by atoms with Crippen LogP contribution in [0, 0.1) is 25.5 Å². The summed E-state index contributed by atoms with van der Waals surface area (Å²) in [6.45, 7) is 3.63. The zero-order valence-corrected chi connectivity index (χ0v) is 23.0. The van der Waals surface area contributed by atoms with Crippen LogP contribution in [0.25, 0.3) is 16.9 Å². The van der Waals surface area contributed by atoms with E-state index in [0.29, 0.717) is 22.6 Å². The van der Waals surface area contributed by atoms with Gasteiger partial charge in [0, 0.05) is 36.7 Å². The summed E-state index contributed by atoms with van der Waals surface area (Å²) in [5.41, 5.74) is 3.45. The van der Waals surface area contributed by atoms with Crippen molar-refractivity contribution in [3.8, 4) is 16.9 Å². The fourth-order valence-electron chi connectivity index (χ4n) is 5.46. The van der Waals surface area contributed by atoms with Gasteiger partial charge in [-0.2, -0.15) is 0 Å². The van der Waals surface area contributed by atoms with Crippen LogP contribution in [0.3, 0.4) is 0 Å². The lowest BCUT2D eigenvalue weighted by molar-refractivity contribution is 0.0780. The Hall–Kier alpha value is -3.91. The number of nitrogens with zero attached hydrogens (tertiary/aromatic N) is 4. The van der Waals surface area contributed by atoms with Gasteiger partial charge in [0.05, 0.1) is 23.1 Å². The summed E-state index contributed by atoms with van der Waals surface area (Å²) in [5, 5.41) is 0.0992. The van der Waals surface area contributed by atoms with E-state index in [4.69, 9.17) is 11.6 Å². The summed E-state index contributed by atoms with van der Waals surface area (Å²) in [7, 11) is 1.69. The number of hydrogen-bond donors (Lipinski definition) is 0. The van der Waals surface area contributed by atoms with Gasteiger partial charge >= 0.3 is 0 Å². The van der Waals surface area contributed by atoms with Gasteiger partial charge in [-0.25, -0.2) is 8.78 Å². The molecule has 0 saturated heterocycles. The molecular weight excluding hydrogens is 534 g/mol. The molecule has 2 saturated carbocycles. The molecule has 2 fully saturated rings. The number of pyridine rings is 3. The number of halogens is 3. The standard InChI is InChI=1S/C31H27ClF2N4O2/c1-16-13-36-26(21-5-4-6-22(29(21)34)30(39)37(3)20-7-8-20)12-27(16)38-17(2)9-25(28(32)31(38)40)24-11-23(24)18-10-19(33)15-35-14-18/h4-6,9-10,12-15,20,23-24H,7-8,11H2,1-3H3/t23?,24-/m1/s1. The Kier molecular flexibility index (Phi) is 6.53. The summed E-state index contributed by atoms with van der Waals surface area (Å²) < 4.78 is 30.8. The van der Waals surface area contributed by atoms with E-state index in [2.05, 4.69) is 9.97 Å². The summed E-state index contributed by atoms with van der Waals surface area (Å²) in [6.07, 6.45) is 6.98. The highest BCUT2D eigenvalue weighted by Crippen LogP contribution is 2.55. The summed E-state index contributed by atoms with van der Waals surface area (Å²) in [6, 6.07) is 9.84. The summed E-state index contributed by atoms with van der Waals surface area (Å²) in [4.78, 5) is 36.5. The van der Waals surface area contributed by atoms with Crippen LogP contribution < -0.4 is 5.56 Å². The second kappa shape index (κ2) is 9.93. The number of benzene rings is 1. The average molecular weight is 561 g/mol. The van der Waals surface area contributed by atoms with Crippen LogP contribution in [0.4, 0.5) is 8.78 Å². The van der Waals surface area contributed by atoms with Crippen molar-refractivity contribution in [3.05, 3.63) is 110 Å². The van der Waals surface area contributed by atoms with Gasteiger partial charge in [-0.05, 0) is 92.0 Å². The monoisotopic (exact) mass is 560 g/mol. The van der Waals surface area contributed by atoms with Crippen LogP contribution in [0.1, 0.15) is 63.8 Å². The molecule has 204 valence electrons. The minimum Gasteiger partial charge on any atom is -0.339 e. The highest BCUT2D eigenvalue weighted by Gasteiger charge is 2.42. The van der Waals surface area contributed by atoms with Crippen LogP contribution in [-0.4, -0.2) is 38.4 Å². The smallest absolute Gasteiger partial charge is 0.274 e. The SMILES string of the molecule is Cc1cnc(-c2cccc(C(=O)N(C)C3CC3)c2F)cc1-n1c(C)cc([C@@H]2CC2c2cncc(F)c2)c(Cl)c1=O. The lowest BCUT2D eigenvalue weighted by Crippen LogP contribution is -2.29. The number of aromatic nitrogens is 3. The largest absolute Gasteiger partial charge is 0.339 e. The third-order valence-corrected chi connectivity index (χ3v) is 8.32. The molecule has 2 aliphatic carbocycles. The number of aryl methyl sites for hydroxylation is 2. The van der Waals surface area contributed by atoms with Crippen LogP contribution in [-0.2, 0) is 0 Å². The molecule has 0 N–H and O–H groups in total. The van der Waals surface area contributed by atoms with E-state index in [1.807, 2.05) is 19.9 Å². The maximum atomic E-state index is 15.7. The Labute approximate surface area is 235 Å². The molecular formula is C31H27ClF2N4O2. The molecule has 6 nitrogen and oxygen atoms in total. The first-order valence-corrected chi connectivity index (χ1v) is 13.6. The van der Waals surface area contributed by atoms with Gasteiger partial charge < -0.3 is 4.90 Å². The first kappa shape index (κ1) is 26.3.